The fraction of sp³-hybridized carbons (Fsp3) is 0.333. The molecule has 2 rings (SSSR count). The average Bonchev–Trinajstić information content (AvgIpc) is 2.54. The van der Waals surface area contributed by atoms with Crippen molar-refractivity contribution < 1.29 is 13.2 Å². The van der Waals surface area contributed by atoms with E-state index in [1.54, 1.807) is 25.3 Å². The van der Waals surface area contributed by atoms with Gasteiger partial charge in [0.05, 0.1) is 17.7 Å². The van der Waals surface area contributed by atoms with E-state index in [1.807, 2.05) is 18.2 Å². The van der Waals surface area contributed by atoms with Crippen molar-refractivity contribution in [3.63, 3.8) is 0 Å². The Morgan fingerprint density at radius 3 is 2.35 bits per heavy atom. The van der Waals surface area contributed by atoms with Gasteiger partial charge in [-0.05, 0) is 42.2 Å². The van der Waals surface area contributed by atoms with Crippen LogP contribution in [-0.2, 0) is 9.84 Å². The first-order valence-corrected chi connectivity index (χ1v) is 9.48. The van der Waals surface area contributed by atoms with Crippen molar-refractivity contribution in [2.75, 3.05) is 25.2 Å². The van der Waals surface area contributed by atoms with Gasteiger partial charge in [-0.2, -0.15) is 0 Å². The predicted octanol–water partition coefficient (Wildman–Crippen LogP) is 3.70. The highest BCUT2D eigenvalue weighted by molar-refractivity contribution is 7.90. The second-order valence-corrected chi connectivity index (χ2v) is 7.64. The fourth-order valence-corrected chi connectivity index (χ4v) is 3.32. The van der Waals surface area contributed by atoms with Gasteiger partial charge in [0.15, 0.2) is 9.84 Å². The Morgan fingerprint density at radius 1 is 1.09 bits per heavy atom. The number of hydrogen-bond acceptors (Lipinski definition) is 4. The number of hydrogen-bond donors (Lipinski definition) is 1. The number of benzene rings is 2. The summed E-state index contributed by atoms with van der Waals surface area (Å²) in [6.45, 7) is 2.87. The second-order valence-electron chi connectivity index (χ2n) is 5.66. The number of anilines is 1. The van der Waals surface area contributed by atoms with Gasteiger partial charge in [0, 0.05) is 12.8 Å². The first kappa shape index (κ1) is 17.3. The summed E-state index contributed by atoms with van der Waals surface area (Å²) >= 11 is 0. The minimum Gasteiger partial charge on any atom is -0.497 e. The zero-order valence-electron chi connectivity index (χ0n) is 13.7. The highest BCUT2D eigenvalue weighted by Crippen LogP contribution is 2.24. The molecule has 5 heteroatoms. The van der Waals surface area contributed by atoms with E-state index in [2.05, 4.69) is 24.4 Å². The van der Waals surface area contributed by atoms with Crippen molar-refractivity contribution in [2.45, 2.75) is 24.2 Å². The zero-order valence-corrected chi connectivity index (χ0v) is 14.6. The molecule has 1 unspecified atom stereocenters. The van der Waals surface area contributed by atoms with Gasteiger partial charge in [-0.15, -0.1) is 0 Å². The molecule has 0 bridgehead atoms. The molecule has 0 fully saturated rings. The van der Waals surface area contributed by atoms with Gasteiger partial charge in [0.25, 0.3) is 0 Å². The van der Waals surface area contributed by atoms with E-state index < -0.39 is 9.84 Å². The minimum atomic E-state index is -3.22. The van der Waals surface area contributed by atoms with Gasteiger partial charge in [-0.25, -0.2) is 8.42 Å². The monoisotopic (exact) mass is 333 g/mol. The molecule has 0 spiro atoms. The number of methoxy groups -OCH3 is 1. The maximum Gasteiger partial charge on any atom is 0.177 e. The lowest BCUT2D eigenvalue weighted by Crippen LogP contribution is -2.09. The van der Waals surface area contributed by atoms with Gasteiger partial charge in [-0.1, -0.05) is 31.2 Å². The maximum atomic E-state index is 11.8. The summed E-state index contributed by atoms with van der Waals surface area (Å²) in [5.74, 6) is 1.22. The van der Waals surface area contributed by atoms with E-state index in [9.17, 15) is 8.42 Å². The third kappa shape index (κ3) is 4.73. The molecule has 1 atom stereocenters. The molecule has 2 aromatic carbocycles. The minimum absolute atomic E-state index is 0.345. The quantitative estimate of drug-likeness (QED) is 0.839. The van der Waals surface area contributed by atoms with Gasteiger partial charge in [0.1, 0.15) is 5.75 Å². The van der Waals surface area contributed by atoms with E-state index in [-0.39, 0.29) is 0 Å². The predicted molar refractivity (Wildman–Crippen MR) is 94.1 cm³/mol. The Balaban J connectivity index is 1.97. The van der Waals surface area contributed by atoms with Crippen LogP contribution in [0.15, 0.2) is 53.4 Å². The topological polar surface area (TPSA) is 55.4 Å². The van der Waals surface area contributed by atoms with Crippen LogP contribution >= 0.6 is 0 Å². The molecule has 0 heterocycles. The summed E-state index contributed by atoms with van der Waals surface area (Å²) in [7, 11) is -1.57. The third-order valence-electron chi connectivity index (χ3n) is 3.86. The zero-order chi connectivity index (χ0) is 16.9. The van der Waals surface area contributed by atoms with E-state index in [0.717, 1.165) is 12.2 Å². The van der Waals surface area contributed by atoms with Crippen LogP contribution in [0.1, 0.15) is 24.8 Å². The number of sulfone groups is 1. The van der Waals surface area contributed by atoms with Crippen LogP contribution in [0, 0.1) is 0 Å². The second kappa shape index (κ2) is 7.51. The molecule has 0 aliphatic heterocycles. The lowest BCUT2D eigenvalue weighted by atomic mass is 9.98. The van der Waals surface area contributed by atoms with Crippen molar-refractivity contribution in [1.82, 2.24) is 0 Å². The molecule has 0 saturated carbocycles. The molecule has 0 radical (unpaired) electrons. The first-order chi connectivity index (χ1) is 10.9. The summed E-state index contributed by atoms with van der Waals surface area (Å²) in [5.41, 5.74) is 1.90. The molecule has 0 amide bonds. The van der Waals surface area contributed by atoms with Crippen LogP contribution in [0.25, 0.3) is 0 Å². The SMILES string of the molecule is COc1ccc(C(C)CCNc2ccccc2S(C)(=O)=O)cc1. The number of para-hydroxylation sites is 1. The third-order valence-corrected chi connectivity index (χ3v) is 5.02. The van der Waals surface area contributed by atoms with Crippen molar-refractivity contribution in [2.24, 2.45) is 0 Å². The first-order valence-electron chi connectivity index (χ1n) is 7.58. The van der Waals surface area contributed by atoms with Crippen molar-refractivity contribution in [3.8, 4) is 5.75 Å². The number of rotatable bonds is 7. The van der Waals surface area contributed by atoms with Crippen molar-refractivity contribution >= 4 is 15.5 Å². The van der Waals surface area contributed by atoms with E-state index in [4.69, 9.17) is 4.74 Å². The largest absolute Gasteiger partial charge is 0.497 e. The van der Waals surface area contributed by atoms with Crippen LogP contribution < -0.4 is 10.1 Å². The summed E-state index contributed by atoms with van der Waals surface area (Å²) in [5, 5.41) is 3.24. The molecular weight excluding hydrogens is 310 g/mol. The summed E-state index contributed by atoms with van der Waals surface area (Å²) in [6.07, 6.45) is 2.14. The lowest BCUT2D eigenvalue weighted by molar-refractivity contribution is 0.414. The summed E-state index contributed by atoms with van der Waals surface area (Å²) in [4.78, 5) is 0.345. The normalized spacial score (nSPS) is 12.7. The molecule has 2 aromatic rings. The average molecular weight is 333 g/mol. The van der Waals surface area contributed by atoms with Crippen LogP contribution in [0.4, 0.5) is 5.69 Å². The van der Waals surface area contributed by atoms with Crippen molar-refractivity contribution in [3.05, 3.63) is 54.1 Å². The summed E-state index contributed by atoms with van der Waals surface area (Å²) < 4.78 is 28.7. The molecule has 124 valence electrons. The highest BCUT2D eigenvalue weighted by Gasteiger charge is 2.12. The van der Waals surface area contributed by atoms with E-state index in [1.165, 1.54) is 11.8 Å². The Morgan fingerprint density at radius 2 is 1.74 bits per heavy atom. The molecular formula is C18H23NO3S. The van der Waals surface area contributed by atoms with Crippen LogP contribution in [0.2, 0.25) is 0 Å². The lowest BCUT2D eigenvalue weighted by Gasteiger charge is -2.15. The summed E-state index contributed by atoms with van der Waals surface area (Å²) in [6, 6.07) is 15.0. The highest BCUT2D eigenvalue weighted by atomic mass is 32.2. The Labute approximate surface area is 138 Å². The van der Waals surface area contributed by atoms with Crippen LogP contribution in [0.3, 0.4) is 0 Å². The van der Waals surface area contributed by atoms with Crippen LogP contribution in [0.5, 0.6) is 5.75 Å². The Hall–Kier alpha value is -2.01. The molecule has 23 heavy (non-hydrogen) atoms. The van der Waals surface area contributed by atoms with Gasteiger partial charge >= 0.3 is 0 Å². The van der Waals surface area contributed by atoms with Crippen molar-refractivity contribution in [1.29, 1.82) is 0 Å². The standard InChI is InChI=1S/C18H23NO3S/c1-14(15-8-10-16(22-2)11-9-15)12-13-19-17-6-4-5-7-18(17)23(3,20)21/h4-11,14,19H,12-13H2,1-3H3. The van der Waals surface area contributed by atoms with E-state index in [0.29, 0.717) is 23.0 Å². The molecule has 0 saturated heterocycles. The van der Waals surface area contributed by atoms with Gasteiger partial charge in [-0.3, -0.25) is 0 Å². The van der Waals surface area contributed by atoms with E-state index >= 15 is 0 Å². The molecule has 0 aromatic heterocycles. The molecule has 1 N–H and O–H groups in total. The molecule has 0 aliphatic carbocycles. The molecule has 4 nitrogen and oxygen atoms in total. The van der Waals surface area contributed by atoms with Gasteiger partial charge < -0.3 is 10.1 Å². The smallest absolute Gasteiger partial charge is 0.177 e. The Bertz CT molecular complexity index is 739. The Kier molecular flexibility index (Phi) is 5.66. The van der Waals surface area contributed by atoms with Gasteiger partial charge in [0.2, 0.25) is 0 Å². The molecule has 0 aliphatic rings. The number of ether oxygens (including phenoxy) is 1. The van der Waals surface area contributed by atoms with Crippen LogP contribution in [-0.4, -0.2) is 28.3 Å². The number of nitrogens with one attached hydrogen (secondary N) is 1. The maximum absolute atomic E-state index is 11.8. The fourth-order valence-electron chi connectivity index (χ4n) is 2.46.